The standard InChI is InChI=1S/C17H30O3Si/c1-3-4-5-6-7-11-16-21(19-15-14-18-2)20-17-12-9-8-10-13-17/h8-10,12-13,21H,3-7,11,14-16H2,1-2H3. The van der Waals surface area contributed by atoms with E-state index in [0.29, 0.717) is 13.2 Å². The summed E-state index contributed by atoms with van der Waals surface area (Å²) in [6.45, 7) is 3.52. The van der Waals surface area contributed by atoms with Crippen LogP contribution in [-0.2, 0) is 9.16 Å². The highest BCUT2D eigenvalue weighted by molar-refractivity contribution is 6.45. The summed E-state index contributed by atoms with van der Waals surface area (Å²) in [6.07, 6.45) is 7.83. The second kappa shape index (κ2) is 12.9. The first-order chi connectivity index (χ1) is 10.4. The van der Waals surface area contributed by atoms with Crippen molar-refractivity contribution in [2.45, 2.75) is 51.5 Å². The predicted molar refractivity (Wildman–Crippen MR) is 90.2 cm³/mol. The minimum absolute atomic E-state index is 0.635. The Morgan fingerprint density at radius 2 is 1.62 bits per heavy atom. The normalized spacial score (nSPS) is 12.3. The molecule has 1 rings (SSSR count). The fraction of sp³-hybridized carbons (Fsp3) is 0.647. The molecule has 3 nitrogen and oxygen atoms in total. The van der Waals surface area contributed by atoms with Crippen molar-refractivity contribution in [3.63, 3.8) is 0 Å². The Morgan fingerprint density at radius 1 is 0.905 bits per heavy atom. The molecule has 21 heavy (non-hydrogen) atoms. The Labute approximate surface area is 131 Å². The average Bonchev–Trinajstić information content (AvgIpc) is 2.51. The molecule has 0 aromatic heterocycles. The number of unbranched alkanes of at least 4 members (excludes halogenated alkanes) is 5. The van der Waals surface area contributed by atoms with Crippen LogP contribution >= 0.6 is 0 Å². The maximum Gasteiger partial charge on any atom is 0.382 e. The van der Waals surface area contributed by atoms with E-state index in [1.165, 1.54) is 38.5 Å². The van der Waals surface area contributed by atoms with Crippen LogP contribution in [0.4, 0.5) is 0 Å². The van der Waals surface area contributed by atoms with Crippen molar-refractivity contribution in [3.05, 3.63) is 30.3 Å². The molecular formula is C17H30O3Si. The third-order valence-electron chi connectivity index (χ3n) is 3.40. The summed E-state index contributed by atoms with van der Waals surface area (Å²) in [7, 11) is 0.0693. The number of hydrogen-bond acceptors (Lipinski definition) is 3. The third-order valence-corrected chi connectivity index (χ3v) is 5.42. The summed E-state index contributed by atoms with van der Waals surface area (Å²) in [5, 5.41) is 0. The topological polar surface area (TPSA) is 27.7 Å². The number of methoxy groups -OCH3 is 1. The van der Waals surface area contributed by atoms with Crippen molar-refractivity contribution in [3.8, 4) is 5.75 Å². The maximum atomic E-state index is 6.05. The van der Waals surface area contributed by atoms with Crippen LogP contribution in [0.1, 0.15) is 45.4 Å². The second-order valence-electron chi connectivity index (χ2n) is 5.28. The molecule has 0 radical (unpaired) electrons. The zero-order valence-corrected chi connectivity index (χ0v) is 14.7. The van der Waals surface area contributed by atoms with E-state index in [4.69, 9.17) is 13.6 Å². The molecule has 0 N–H and O–H groups in total. The van der Waals surface area contributed by atoms with Gasteiger partial charge in [-0.15, -0.1) is 0 Å². The highest BCUT2D eigenvalue weighted by Gasteiger charge is 2.15. The summed E-state index contributed by atoms with van der Waals surface area (Å²) in [6, 6.07) is 11.1. The molecule has 120 valence electrons. The quantitative estimate of drug-likeness (QED) is 0.401. The average molecular weight is 311 g/mol. The maximum absolute atomic E-state index is 6.05. The Kier molecular flexibility index (Phi) is 11.2. The lowest BCUT2D eigenvalue weighted by molar-refractivity contribution is 0.135. The van der Waals surface area contributed by atoms with E-state index in [2.05, 4.69) is 6.92 Å². The lowest BCUT2D eigenvalue weighted by Crippen LogP contribution is -2.27. The number of benzene rings is 1. The molecule has 0 aliphatic carbocycles. The van der Waals surface area contributed by atoms with E-state index in [0.717, 1.165) is 11.8 Å². The van der Waals surface area contributed by atoms with Gasteiger partial charge in [0.2, 0.25) is 0 Å². The smallest absolute Gasteiger partial charge is 0.382 e. The van der Waals surface area contributed by atoms with Crippen molar-refractivity contribution < 1.29 is 13.6 Å². The van der Waals surface area contributed by atoms with Crippen LogP contribution in [-0.4, -0.2) is 29.6 Å². The summed E-state index contributed by atoms with van der Waals surface area (Å²) >= 11 is 0. The summed E-state index contributed by atoms with van der Waals surface area (Å²) in [5.74, 6) is 0.928. The van der Waals surface area contributed by atoms with Crippen molar-refractivity contribution in [2.75, 3.05) is 20.3 Å². The molecule has 0 aliphatic rings. The lowest BCUT2D eigenvalue weighted by Gasteiger charge is -2.17. The van der Waals surface area contributed by atoms with Gasteiger partial charge in [-0.3, -0.25) is 0 Å². The fourth-order valence-corrected chi connectivity index (χ4v) is 3.98. The highest BCUT2D eigenvalue weighted by Crippen LogP contribution is 2.15. The van der Waals surface area contributed by atoms with Crippen LogP contribution in [0.5, 0.6) is 5.75 Å². The monoisotopic (exact) mass is 310 g/mol. The molecule has 4 heteroatoms. The van der Waals surface area contributed by atoms with Gasteiger partial charge in [0, 0.05) is 7.11 Å². The van der Waals surface area contributed by atoms with Crippen molar-refractivity contribution >= 4 is 9.28 Å². The first-order valence-corrected chi connectivity index (χ1v) is 9.95. The summed E-state index contributed by atoms with van der Waals surface area (Å²) in [4.78, 5) is 0. The van der Waals surface area contributed by atoms with Crippen molar-refractivity contribution in [1.82, 2.24) is 0 Å². The zero-order chi connectivity index (χ0) is 15.2. The molecule has 0 aliphatic heterocycles. The van der Waals surface area contributed by atoms with Gasteiger partial charge in [-0.1, -0.05) is 63.6 Å². The molecule has 1 atom stereocenters. The molecule has 0 saturated heterocycles. The van der Waals surface area contributed by atoms with E-state index in [1.54, 1.807) is 7.11 Å². The molecule has 1 aromatic rings. The highest BCUT2D eigenvalue weighted by atomic mass is 28.3. The molecular weight excluding hydrogens is 280 g/mol. The number of para-hydroxylation sites is 1. The van der Waals surface area contributed by atoms with Crippen LogP contribution in [0.25, 0.3) is 0 Å². The van der Waals surface area contributed by atoms with Crippen LogP contribution < -0.4 is 4.43 Å². The molecule has 0 heterocycles. The number of hydrogen-bond donors (Lipinski definition) is 0. The van der Waals surface area contributed by atoms with Gasteiger partial charge in [-0.05, 0) is 18.2 Å². The second-order valence-corrected chi connectivity index (χ2v) is 7.29. The molecule has 0 spiro atoms. The summed E-state index contributed by atoms with van der Waals surface area (Å²) in [5.41, 5.74) is 0. The van der Waals surface area contributed by atoms with Gasteiger partial charge in [0.25, 0.3) is 0 Å². The van der Waals surface area contributed by atoms with E-state index in [9.17, 15) is 0 Å². The zero-order valence-electron chi connectivity index (χ0n) is 13.6. The Balaban J connectivity index is 2.27. The molecule has 0 amide bonds. The lowest BCUT2D eigenvalue weighted by atomic mass is 10.1. The van der Waals surface area contributed by atoms with Gasteiger partial charge < -0.3 is 13.6 Å². The van der Waals surface area contributed by atoms with E-state index in [-0.39, 0.29) is 0 Å². The van der Waals surface area contributed by atoms with Crippen LogP contribution in [0, 0.1) is 0 Å². The van der Waals surface area contributed by atoms with Gasteiger partial charge in [0.1, 0.15) is 5.75 Å². The molecule has 0 bridgehead atoms. The molecule has 1 unspecified atom stereocenters. The van der Waals surface area contributed by atoms with Crippen molar-refractivity contribution in [2.24, 2.45) is 0 Å². The largest absolute Gasteiger partial charge is 0.522 e. The first kappa shape index (κ1) is 18.2. The van der Waals surface area contributed by atoms with E-state index < -0.39 is 9.28 Å². The van der Waals surface area contributed by atoms with Crippen LogP contribution in [0.3, 0.4) is 0 Å². The van der Waals surface area contributed by atoms with Gasteiger partial charge >= 0.3 is 9.28 Å². The Morgan fingerprint density at radius 3 is 2.33 bits per heavy atom. The Hall–Kier alpha value is -0.843. The van der Waals surface area contributed by atoms with Crippen molar-refractivity contribution in [1.29, 1.82) is 0 Å². The third kappa shape index (κ3) is 9.66. The minimum Gasteiger partial charge on any atom is -0.522 e. The predicted octanol–water partition coefficient (Wildman–Crippen LogP) is 4.31. The van der Waals surface area contributed by atoms with Crippen LogP contribution in [0.2, 0.25) is 6.04 Å². The number of rotatable bonds is 13. The summed E-state index contributed by atoms with van der Waals surface area (Å²) < 4.78 is 17.0. The Bertz CT molecular complexity index is 332. The van der Waals surface area contributed by atoms with Gasteiger partial charge in [0.05, 0.1) is 13.2 Å². The van der Waals surface area contributed by atoms with Gasteiger partial charge in [-0.25, -0.2) is 0 Å². The minimum atomic E-state index is -1.63. The van der Waals surface area contributed by atoms with E-state index in [1.807, 2.05) is 30.3 Å². The van der Waals surface area contributed by atoms with Crippen LogP contribution in [0.15, 0.2) is 30.3 Å². The first-order valence-electron chi connectivity index (χ1n) is 8.19. The van der Waals surface area contributed by atoms with E-state index >= 15 is 0 Å². The number of ether oxygens (including phenoxy) is 1. The molecule has 1 aromatic carbocycles. The molecule has 0 fully saturated rings. The fourth-order valence-electron chi connectivity index (χ4n) is 2.18. The van der Waals surface area contributed by atoms with Gasteiger partial charge in [0.15, 0.2) is 0 Å². The SMILES string of the molecule is CCCCCCCC[SiH](OCCOC)Oc1ccccc1. The van der Waals surface area contributed by atoms with Gasteiger partial charge in [-0.2, -0.15) is 0 Å². The molecule has 0 saturated carbocycles.